The molecule has 3 amide bonds. The van der Waals surface area contributed by atoms with Crippen molar-refractivity contribution in [2.24, 2.45) is 0 Å². The molecule has 3 N–H and O–H groups in total. The van der Waals surface area contributed by atoms with Gasteiger partial charge in [-0.3, -0.25) is 14.4 Å². The van der Waals surface area contributed by atoms with E-state index < -0.39 is 28.8 Å². The highest BCUT2D eigenvalue weighted by Gasteiger charge is 2.31. The Morgan fingerprint density at radius 2 is 1.62 bits per heavy atom. The first-order valence-corrected chi connectivity index (χ1v) is 11.0. The van der Waals surface area contributed by atoms with E-state index in [-0.39, 0.29) is 23.6 Å². The van der Waals surface area contributed by atoms with E-state index in [4.69, 9.17) is 0 Å². The molecule has 1 aliphatic rings. The highest BCUT2D eigenvalue weighted by molar-refractivity contribution is 8.01. The Balaban J connectivity index is 1.39. The molecule has 0 aliphatic carbocycles. The average Bonchev–Trinajstić information content (AvgIpc) is 2.79. The first-order chi connectivity index (χ1) is 16.2. The van der Waals surface area contributed by atoms with Gasteiger partial charge in [0.2, 0.25) is 11.8 Å². The van der Waals surface area contributed by atoms with Crippen molar-refractivity contribution in [3.8, 4) is 0 Å². The van der Waals surface area contributed by atoms with E-state index in [9.17, 15) is 27.6 Å². The lowest BCUT2D eigenvalue weighted by molar-refractivity contribution is -0.137. The fourth-order valence-corrected chi connectivity index (χ4v) is 4.43. The van der Waals surface area contributed by atoms with Crippen LogP contribution in [0.1, 0.15) is 22.3 Å². The molecule has 10 heteroatoms. The van der Waals surface area contributed by atoms with Crippen molar-refractivity contribution in [3.05, 3.63) is 83.9 Å². The van der Waals surface area contributed by atoms with Crippen LogP contribution in [0.5, 0.6) is 0 Å². The van der Waals surface area contributed by atoms with E-state index in [1.54, 1.807) is 12.1 Å². The Hall–Kier alpha value is -3.79. The van der Waals surface area contributed by atoms with Crippen LogP contribution in [-0.2, 0) is 15.8 Å². The van der Waals surface area contributed by atoms with E-state index >= 15 is 0 Å². The number of amides is 3. The van der Waals surface area contributed by atoms with Gasteiger partial charge in [-0.15, -0.1) is 11.8 Å². The van der Waals surface area contributed by atoms with Gasteiger partial charge in [-0.05, 0) is 48.5 Å². The van der Waals surface area contributed by atoms with Gasteiger partial charge in [0.05, 0.1) is 16.5 Å². The summed E-state index contributed by atoms with van der Waals surface area (Å²) in [5, 5.41) is 7.25. The molecule has 0 aromatic heterocycles. The Kier molecular flexibility index (Phi) is 6.60. The molecule has 3 aromatic carbocycles. The van der Waals surface area contributed by atoms with Crippen molar-refractivity contribution >= 4 is 46.5 Å². The Morgan fingerprint density at radius 1 is 0.912 bits per heavy atom. The lowest BCUT2D eigenvalue weighted by Crippen LogP contribution is -2.32. The molecule has 0 fully saturated rings. The van der Waals surface area contributed by atoms with E-state index in [1.165, 1.54) is 42.1 Å². The largest absolute Gasteiger partial charge is 0.416 e. The molecule has 4 rings (SSSR count). The fourth-order valence-electron chi connectivity index (χ4n) is 3.32. The van der Waals surface area contributed by atoms with Crippen LogP contribution >= 0.6 is 11.8 Å². The molecule has 1 heterocycles. The number of thioether (sulfide) groups is 1. The molecule has 0 radical (unpaired) electrons. The van der Waals surface area contributed by atoms with Crippen LogP contribution in [0.4, 0.5) is 30.2 Å². The molecule has 1 unspecified atom stereocenters. The lowest BCUT2D eigenvalue weighted by Gasteiger charge is -2.23. The number of alkyl halides is 3. The van der Waals surface area contributed by atoms with Crippen LogP contribution in [0.25, 0.3) is 0 Å². The number of carbonyl (C=O) groups is 3. The molecule has 0 spiro atoms. The molecule has 0 bridgehead atoms. The van der Waals surface area contributed by atoms with Crippen molar-refractivity contribution in [2.75, 3.05) is 16.0 Å². The molecular formula is C24H18F3N3O3S. The number of benzene rings is 3. The summed E-state index contributed by atoms with van der Waals surface area (Å²) in [6.45, 7) is 0. The first-order valence-electron chi connectivity index (χ1n) is 10.1. The lowest BCUT2D eigenvalue weighted by atomic mass is 10.1. The molecule has 174 valence electrons. The van der Waals surface area contributed by atoms with Gasteiger partial charge in [0.25, 0.3) is 5.91 Å². The van der Waals surface area contributed by atoms with Gasteiger partial charge in [-0.1, -0.05) is 24.3 Å². The summed E-state index contributed by atoms with van der Waals surface area (Å²) in [6.07, 6.45) is -4.61. The third-order valence-corrected chi connectivity index (χ3v) is 6.21. The normalized spacial score (nSPS) is 15.1. The Labute approximate surface area is 196 Å². The molecular weight excluding hydrogens is 467 g/mol. The molecule has 6 nitrogen and oxygen atoms in total. The number of hydrogen-bond donors (Lipinski definition) is 3. The molecule has 0 saturated carbocycles. The van der Waals surface area contributed by atoms with Crippen LogP contribution in [0, 0.1) is 0 Å². The smallest absolute Gasteiger partial charge is 0.326 e. The number of rotatable bonds is 5. The zero-order valence-corrected chi connectivity index (χ0v) is 18.3. The van der Waals surface area contributed by atoms with Crippen molar-refractivity contribution in [3.63, 3.8) is 0 Å². The van der Waals surface area contributed by atoms with Crippen molar-refractivity contribution in [1.29, 1.82) is 0 Å². The second kappa shape index (κ2) is 9.60. The van der Waals surface area contributed by atoms with Gasteiger partial charge in [0, 0.05) is 28.3 Å². The van der Waals surface area contributed by atoms with Crippen LogP contribution in [-0.4, -0.2) is 23.0 Å². The first kappa shape index (κ1) is 23.4. The van der Waals surface area contributed by atoms with Crippen molar-refractivity contribution < 1.29 is 27.6 Å². The summed E-state index contributed by atoms with van der Waals surface area (Å²) >= 11 is 1.30. The maximum Gasteiger partial charge on any atom is 0.416 e. The number of carbonyl (C=O) groups excluding carboxylic acids is 3. The third-order valence-electron chi connectivity index (χ3n) is 4.93. The second-order valence-electron chi connectivity index (χ2n) is 7.46. The topological polar surface area (TPSA) is 87.3 Å². The van der Waals surface area contributed by atoms with Crippen LogP contribution in [0.2, 0.25) is 0 Å². The van der Waals surface area contributed by atoms with E-state index in [2.05, 4.69) is 16.0 Å². The summed E-state index contributed by atoms with van der Waals surface area (Å²) in [4.78, 5) is 38.2. The Morgan fingerprint density at radius 3 is 2.38 bits per heavy atom. The van der Waals surface area contributed by atoms with Crippen molar-refractivity contribution in [1.82, 2.24) is 0 Å². The number of hydrogen-bond acceptors (Lipinski definition) is 4. The summed E-state index contributed by atoms with van der Waals surface area (Å²) < 4.78 is 38.7. The highest BCUT2D eigenvalue weighted by Crippen LogP contribution is 2.36. The van der Waals surface area contributed by atoms with E-state index in [0.29, 0.717) is 11.4 Å². The zero-order valence-electron chi connectivity index (χ0n) is 17.5. The summed E-state index contributed by atoms with van der Waals surface area (Å²) in [5.41, 5.74) is 0.291. The minimum Gasteiger partial charge on any atom is -0.326 e. The second-order valence-corrected chi connectivity index (χ2v) is 8.70. The summed E-state index contributed by atoms with van der Waals surface area (Å²) in [7, 11) is 0. The standard InChI is InChI=1S/C24H18F3N3O3S/c25-24(26,27)15-6-4-8-17(12-15)29-22(32)14-5-3-7-16(11-14)28-21(31)13-20-23(33)30-18-9-1-2-10-19(18)34-20/h1-12,20H,13H2,(H,28,31)(H,29,32)(H,30,33). The Bertz CT molecular complexity index is 1260. The molecule has 1 atom stereocenters. The molecule has 0 saturated heterocycles. The maximum absolute atomic E-state index is 12.9. The number of fused-ring (bicyclic) bond motifs is 1. The fraction of sp³-hybridized carbons (Fsp3) is 0.125. The summed E-state index contributed by atoms with van der Waals surface area (Å²) in [5.74, 6) is -1.32. The maximum atomic E-state index is 12.9. The van der Waals surface area contributed by atoms with Gasteiger partial charge < -0.3 is 16.0 Å². The highest BCUT2D eigenvalue weighted by atomic mass is 32.2. The molecule has 3 aromatic rings. The van der Waals surface area contributed by atoms with Gasteiger partial charge in [-0.2, -0.15) is 13.2 Å². The minimum absolute atomic E-state index is 0.00474. The van der Waals surface area contributed by atoms with Gasteiger partial charge in [-0.25, -0.2) is 0 Å². The number of nitrogens with one attached hydrogen (secondary N) is 3. The van der Waals surface area contributed by atoms with Gasteiger partial charge in [0.1, 0.15) is 0 Å². The SMILES string of the molecule is O=C(CC1Sc2ccccc2NC1=O)Nc1cccc(C(=O)Nc2cccc(C(F)(F)F)c2)c1. The predicted molar refractivity (Wildman–Crippen MR) is 124 cm³/mol. The van der Waals surface area contributed by atoms with Crippen LogP contribution in [0.3, 0.4) is 0 Å². The predicted octanol–water partition coefficient (Wildman–Crippen LogP) is 5.40. The zero-order chi connectivity index (χ0) is 24.3. The number of anilines is 3. The van der Waals surface area contributed by atoms with Crippen LogP contribution in [0.15, 0.2) is 77.7 Å². The van der Waals surface area contributed by atoms with E-state index in [0.717, 1.165) is 17.0 Å². The summed E-state index contributed by atoms with van der Waals surface area (Å²) in [6, 6.07) is 17.6. The van der Waals surface area contributed by atoms with Crippen LogP contribution < -0.4 is 16.0 Å². The number of halogens is 3. The minimum atomic E-state index is -4.53. The molecule has 1 aliphatic heterocycles. The quantitative estimate of drug-likeness (QED) is 0.452. The van der Waals surface area contributed by atoms with Gasteiger partial charge >= 0.3 is 6.18 Å². The monoisotopic (exact) mass is 485 g/mol. The van der Waals surface area contributed by atoms with E-state index in [1.807, 2.05) is 18.2 Å². The third kappa shape index (κ3) is 5.57. The van der Waals surface area contributed by atoms with Crippen molar-refractivity contribution in [2.45, 2.75) is 22.7 Å². The average molecular weight is 485 g/mol. The number of para-hydroxylation sites is 1. The molecule has 34 heavy (non-hydrogen) atoms. The van der Waals surface area contributed by atoms with Gasteiger partial charge in [0.15, 0.2) is 0 Å².